The monoisotopic (exact) mass is 325 g/mol. The molecule has 0 aliphatic carbocycles. The van der Waals surface area contributed by atoms with Crippen molar-refractivity contribution in [3.8, 4) is 0 Å². The highest BCUT2D eigenvalue weighted by Gasteiger charge is 2.20. The molecule has 1 aromatic carbocycles. The van der Waals surface area contributed by atoms with E-state index in [4.69, 9.17) is 0 Å². The summed E-state index contributed by atoms with van der Waals surface area (Å²) in [6, 6.07) is 10.7. The maximum atomic E-state index is 4.44. The average Bonchev–Trinajstić information content (AvgIpc) is 2.49. The number of nitrogens with zero attached hydrogens (tertiary/aromatic N) is 2. The molecule has 2 aromatic rings. The first-order chi connectivity index (χ1) is 9.40. The number of nitrogens with one attached hydrogen (secondary N) is 1. The van der Waals surface area contributed by atoms with Gasteiger partial charge in [-0.3, -0.25) is 9.88 Å². The summed E-state index contributed by atoms with van der Waals surface area (Å²) in [7, 11) is 0. The summed E-state index contributed by atoms with van der Waals surface area (Å²) in [5.74, 6) is 0. The van der Waals surface area contributed by atoms with Crippen LogP contribution in [0.3, 0.4) is 0 Å². The minimum atomic E-state index is 0. The lowest BCUT2D eigenvalue weighted by Crippen LogP contribution is -2.44. The first-order valence-electron chi connectivity index (χ1n) is 6.81. The summed E-state index contributed by atoms with van der Waals surface area (Å²) in [4.78, 5) is 6.92. The van der Waals surface area contributed by atoms with E-state index in [-0.39, 0.29) is 30.9 Å². The number of halogens is 2. The third-order valence-corrected chi connectivity index (χ3v) is 3.77. The predicted octanol–water partition coefficient (Wildman–Crippen LogP) is 3.21. The van der Waals surface area contributed by atoms with E-state index in [9.17, 15) is 0 Å². The van der Waals surface area contributed by atoms with E-state index >= 15 is 0 Å². The van der Waals surface area contributed by atoms with E-state index in [0.29, 0.717) is 0 Å². The van der Waals surface area contributed by atoms with Crippen LogP contribution < -0.4 is 5.32 Å². The van der Waals surface area contributed by atoms with Gasteiger partial charge in [-0.1, -0.05) is 24.3 Å². The van der Waals surface area contributed by atoms with Crippen molar-refractivity contribution >= 4 is 35.7 Å². The Morgan fingerprint density at radius 2 is 1.86 bits per heavy atom. The molecule has 1 aliphatic rings. The smallest absolute Gasteiger partial charge is 0.0705 e. The Bertz CT molecular complexity index is 577. The Morgan fingerprint density at radius 1 is 1.14 bits per heavy atom. The molecule has 1 fully saturated rings. The zero-order chi connectivity index (χ0) is 13.1. The van der Waals surface area contributed by atoms with Crippen LogP contribution in [0, 0.1) is 0 Å². The second-order valence-electron chi connectivity index (χ2n) is 4.88. The number of para-hydroxylation sites is 1. The minimum absolute atomic E-state index is 0. The van der Waals surface area contributed by atoms with Crippen LogP contribution >= 0.6 is 24.8 Å². The van der Waals surface area contributed by atoms with Crippen molar-refractivity contribution in [1.29, 1.82) is 0 Å². The Morgan fingerprint density at radius 3 is 2.57 bits per heavy atom. The maximum absolute atomic E-state index is 4.44. The lowest BCUT2D eigenvalue weighted by atomic mass is 10.0. The number of hydrogen-bond donors (Lipinski definition) is 1. The highest BCUT2D eigenvalue weighted by molar-refractivity contribution is 5.85. The van der Waals surface area contributed by atoms with Crippen LogP contribution in [0.4, 0.5) is 0 Å². The molecule has 0 radical (unpaired) electrons. The van der Waals surface area contributed by atoms with Crippen LogP contribution in [0.2, 0.25) is 0 Å². The third-order valence-electron chi connectivity index (χ3n) is 3.77. The molecule has 1 N–H and O–H groups in total. The average molecular weight is 326 g/mol. The van der Waals surface area contributed by atoms with E-state index in [1.165, 1.54) is 10.9 Å². The van der Waals surface area contributed by atoms with Crippen molar-refractivity contribution in [3.05, 3.63) is 54.7 Å². The molecule has 1 aliphatic heterocycles. The quantitative estimate of drug-likeness (QED) is 0.878. The molecule has 0 spiro atoms. The molecule has 3 rings (SSSR count). The molecule has 1 aromatic heterocycles. The molecular weight excluding hydrogens is 305 g/mol. The Balaban J connectivity index is 0.00000110. The summed E-state index contributed by atoms with van der Waals surface area (Å²) in [5.41, 5.74) is 2.37. The molecule has 2 heterocycles. The Hall–Kier alpha value is -1.13. The van der Waals surface area contributed by atoms with Gasteiger partial charge in [-0.2, -0.15) is 0 Å². The van der Waals surface area contributed by atoms with Crippen molar-refractivity contribution in [2.24, 2.45) is 0 Å². The van der Waals surface area contributed by atoms with Gasteiger partial charge in [0.1, 0.15) is 0 Å². The molecule has 0 saturated carbocycles. The number of piperazine rings is 1. The Kier molecular flexibility index (Phi) is 7.12. The fourth-order valence-electron chi connectivity index (χ4n) is 2.81. The largest absolute Gasteiger partial charge is 0.314 e. The zero-order valence-electron chi connectivity index (χ0n) is 11.9. The van der Waals surface area contributed by atoms with Crippen LogP contribution in [0.15, 0.2) is 49.2 Å². The van der Waals surface area contributed by atoms with Crippen molar-refractivity contribution in [3.63, 3.8) is 0 Å². The van der Waals surface area contributed by atoms with Gasteiger partial charge in [0.05, 0.1) is 11.6 Å². The SMILES string of the molecule is C=C[C@H](c1ccnc2ccccc12)N1CCNCC1.Cl.Cl. The molecule has 21 heavy (non-hydrogen) atoms. The zero-order valence-corrected chi connectivity index (χ0v) is 13.5. The summed E-state index contributed by atoms with van der Waals surface area (Å²) < 4.78 is 0. The van der Waals surface area contributed by atoms with E-state index in [1.807, 2.05) is 18.3 Å². The number of rotatable bonds is 3. The highest BCUT2D eigenvalue weighted by atomic mass is 35.5. The van der Waals surface area contributed by atoms with Gasteiger partial charge in [-0.25, -0.2) is 0 Å². The topological polar surface area (TPSA) is 28.2 Å². The number of aromatic nitrogens is 1. The van der Waals surface area contributed by atoms with Gasteiger partial charge in [0, 0.05) is 37.8 Å². The van der Waals surface area contributed by atoms with Crippen molar-refractivity contribution in [2.45, 2.75) is 6.04 Å². The number of pyridine rings is 1. The molecule has 0 amide bonds. The molecule has 1 saturated heterocycles. The highest BCUT2D eigenvalue weighted by Crippen LogP contribution is 2.28. The number of hydrogen-bond acceptors (Lipinski definition) is 3. The van der Waals surface area contributed by atoms with Crippen LogP contribution in [-0.2, 0) is 0 Å². The molecule has 114 valence electrons. The van der Waals surface area contributed by atoms with Gasteiger partial charge in [0.15, 0.2) is 0 Å². The number of benzene rings is 1. The molecule has 5 heteroatoms. The van der Waals surface area contributed by atoms with Crippen LogP contribution in [-0.4, -0.2) is 36.1 Å². The standard InChI is InChI=1S/C16H19N3.2ClH/c1-2-16(19-11-9-17-10-12-19)14-7-8-18-15-6-4-3-5-13(14)15;;/h2-8,16-17H,1,9-12H2;2*1H/t16-;;/m1../s1. The summed E-state index contributed by atoms with van der Waals surface area (Å²) >= 11 is 0. The molecule has 3 nitrogen and oxygen atoms in total. The third kappa shape index (κ3) is 3.74. The van der Waals surface area contributed by atoms with Crippen molar-refractivity contribution < 1.29 is 0 Å². The van der Waals surface area contributed by atoms with Crippen LogP contribution in [0.25, 0.3) is 10.9 Å². The molecule has 0 unspecified atom stereocenters. The second-order valence-corrected chi connectivity index (χ2v) is 4.88. The fraction of sp³-hybridized carbons (Fsp3) is 0.312. The first-order valence-corrected chi connectivity index (χ1v) is 6.81. The maximum Gasteiger partial charge on any atom is 0.0705 e. The van der Waals surface area contributed by atoms with E-state index in [2.05, 4.69) is 46.0 Å². The minimum Gasteiger partial charge on any atom is -0.314 e. The van der Waals surface area contributed by atoms with Crippen LogP contribution in [0.1, 0.15) is 11.6 Å². The summed E-state index contributed by atoms with van der Waals surface area (Å²) in [5, 5.41) is 4.62. The van der Waals surface area contributed by atoms with E-state index in [0.717, 1.165) is 31.7 Å². The van der Waals surface area contributed by atoms with Crippen LogP contribution in [0.5, 0.6) is 0 Å². The molecular formula is C16H21Cl2N3. The van der Waals surface area contributed by atoms with Gasteiger partial charge >= 0.3 is 0 Å². The lowest BCUT2D eigenvalue weighted by Gasteiger charge is -2.33. The van der Waals surface area contributed by atoms with Crippen molar-refractivity contribution in [1.82, 2.24) is 15.2 Å². The number of fused-ring (bicyclic) bond motifs is 1. The van der Waals surface area contributed by atoms with Gasteiger partial charge in [-0.05, 0) is 17.7 Å². The predicted molar refractivity (Wildman–Crippen MR) is 93.6 cm³/mol. The van der Waals surface area contributed by atoms with Gasteiger partial charge < -0.3 is 5.32 Å². The Labute approximate surface area is 138 Å². The van der Waals surface area contributed by atoms with Crippen molar-refractivity contribution in [2.75, 3.05) is 26.2 Å². The van der Waals surface area contributed by atoms with E-state index in [1.54, 1.807) is 0 Å². The lowest BCUT2D eigenvalue weighted by molar-refractivity contribution is 0.204. The van der Waals surface area contributed by atoms with Gasteiger partial charge in [0.25, 0.3) is 0 Å². The van der Waals surface area contributed by atoms with Gasteiger partial charge in [0.2, 0.25) is 0 Å². The van der Waals surface area contributed by atoms with Gasteiger partial charge in [-0.15, -0.1) is 31.4 Å². The first kappa shape index (κ1) is 17.9. The second kappa shape index (κ2) is 8.35. The summed E-state index contributed by atoms with van der Waals surface area (Å²) in [6.07, 6.45) is 3.95. The molecule has 0 bridgehead atoms. The normalized spacial score (nSPS) is 16.6. The van der Waals surface area contributed by atoms with E-state index < -0.39 is 0 Å². The fourth-order valence-corrected chi connectivity index (χ4v) is 2.81. The molecule has 1 atom stereocenters. The summed E-state index contributed by atoms with van der Waals surface area (Å²) in [6.45, 7) is 8.26.